The zero-order chi connectivity index (χ0) is 12.4. The smallest absolute Gasteiger partial charge is 0.221 e. The fraction of sp³-hybridized carbons (Fsp3) is 0.250. The van der Waals surface area contributed by atoms with Crippen molar-refractivity contribution >= 4 is 11.6 Å². The molecule has 17 heavy (non-hydrogen) atoms. The van der Waals surface area contributed by atoms with Crippen molar-refractivity contribution in [3.8, 4) is 11.6 Å². The Morgan fingerprint density at radius 3 is 2.71 bits per heavy atom. The lowest BCUT2D eigenvalue weighted by molar-refractivity contribution is 0.379. The van der Waals surface area contributed by atoms with Gasteiger partial charge < -0.3 is 10.5 Å². The quantitative estimate of drug-likeness (QED) is 0.911. The molecule has 5 heteroatoms. The first-order chi connectivity index (χ1) is 8.19. The van der Waals surface area contributed by atoms with E-state index in [9.17, 15) is 0 Å². The second-order valence-electron chi connectivity index (χ2n) is 3.64. The summed E-state index contributed by atoms with van der Waals surface area (Å²) in [6, 6.07) is 7.48. The number of aromatic nitrogens is 2. The summed E-state index contributed by atoms with van der Waals surface area (Å²) in [5.74, 6) is 0.637. The molecule has 0 radical (unpaired) electrons. The van der Waals surface area contributed by atoms with Gasteiger partial charge in [-0.05, 0) is 19.1 Å². The van der Waals surface area contributed by atoms with Gasteiger partial charge in [-0.3, -0.25) is 0 Å². The summed E-state index contributed by atoms with van der Waals surface area (Å²) < 4.78 is 7.04. The summed E-state index contributed by atoms with van der Waals surface area (Å²) in [5.41, 5.74) is 8.22. The lowest BCUT2D eigenvalue weighted by Gasteiger charge is -2.08. The molecular formula is C12H14ClN3O. The molecule has 0 aliphatic rings. The molecule has 4 nitrogen and oxygen atoms in total. The molecule has 2 rings (SSSR count). The highest BCUT2D eigenvalue weighted by molar-refractivity contribution is 6.32. The molecule has 0 unspecified atom stereocenters. The molecule has 0 aliphatic heterocycles. The SMILES string of the molecule is COc1c(CN)c(C)nn1-c1ccccc1Cl. The minimum atomic E-state index is 0.388. The first kappa shape index (κ1) is 12.0. The van der Waals surface area contributed by atoms with Gasteiger partial charge in [-0.2, -0.15) is 9.78 Å². The number of benzene rings is 1. The van der Waals surface area contributed by atoms with Crippen molar-refractivity contribution in [2.75, 3.05) is 7.11 Å². The van der Waals surface area contributed by atoms with E-state index in [-0.39, 0.29) is 0 Å². The fourth-order valence-corrected chi connectivity index (χ4v) is 1.99. The van der Waals surface area contributed by atoms with Crippen LogP contribution in [0.4, 0.5) is 0 Å². The fourth-order valence-electron chi connectivity index (χ4n) is 1.77. The number of hydrogen-bond donors (Lipinski definition) is 1. The average molecular weight is 252 g/mol. The summed E-state index contributed by atoms with van der Waals surface area (Å²) >= 11 is 6.14. The molecule has 0 aliphatic carbocycles. The Bertz CT molecular complexity index is 537. The van der Waals surface area contributed by atoms with E-state index >= 15 is 0 Å². The molecule has 0 saturated heterocycles. The highest BCUT2D eigenvalue weighted by Gasteiger charge is 2.17. The number of hydrogen-bond acceptors (Lipinski definition) is 3. The maximum Gasteiger partial charge on any atom is 0.221 e. The van der Waals surface area contributed by atoms with Gasteiger partial charge in [-0.15, -0.1) is 0 Å². The van der Waals surface area contributed by atoms with Crippen LogP contribution in [0.3, 0.4) is 0 Å². The Morgan fingerprint density at radius 1 is 1.41 bits per heavy atom. The van der Waals surface area contributed by atoms with E-state index in [1.165, 1.54) is 0 Å². The van der Waals surface area contributed by atoms with Gasteiger partial charge >= 0.3 is 0 Å². The van der Waals surface area contributed by atoms with Crippen LogP contribution in [0.15, 0.2) is 24.3 Å². The van der Waals surface area contributed by atoms with Gasteiger partial charge in [0.1, 0.15) is 0 Å². The highest BCUT2D eigenvalue weighted by atomic mass is 35.5. The van der Waals surface area contributed by atoms with Gasteiger partial charge in [0, 0.05) is 6.54 Å². The van der Waals surface area contributed by atoms with Crippen LogP contribution in [0.5, 0.6) is 5.88 Å². The van der Waals surface area contributed by atoms with E-state index in [0.717, 1.165) is 16.9 Å². The van der Waals surface area contributed by atoms with E-state index in [4.69, 9.17) is 22.1 Å². The lowest BCUT2D eigenvalue weighted by Crippen LogP contribution is -2.03. The molecule has 0 atom stereocenters. The molecule has 0 bridgehead atoms. The monoisotopic (exact) mass is 251 g/mol. The van der Waals surface area contributed by atoms with E-state index < -0.39 is 0 Å². The molecule has 0 amide bonds. The summed E-state index contributed by atoms with van der Waals surface area (Å²) in [5, 5.41) is 5.03. The topological polar surface area (TPSA) is 53.1 Å². The van der Waals surface area contributed by atoms with Gasteiger partial charge in [-0.25, -0.2) is 0 Å². The van der Waals surface area contributed by atoms with Crippen LogP contribution in [-0.2, 0) is 6.54 Å². The second kappa shape index (κ2) is 4.77. The van der Waals surface area contributed by atoms with Crippen molar-refractivity contribution in [1.82, 2.24) is 9.78 Å². The van der Waals surface area contributed by atoms with Crippen molar-refractivity contribution in [3.63, 3.8) is 0 Å². The van der Waals surface area contributed by atoms with Crippen molar-refractivity contribution in [1.29, 1.82) is 0 Å². The third kappa shape index (κ3) is 2.01. The normalized spacial score (nSPS) is 10.6. The Hall–Kier alpha value is -1.52. The standard InChI is InChI=1S/C12H14ClN3O/c1-8-9(7-14)12(17-2)16(15-8)11-6-4-3-5-10(11)13/h3-6H,7,14H2,1-2H3. The predicted molar refractivity (Wildman–Crippen MR) is 67.8 cm³/mol. The first-order valence-electron chi connectivity index (χ1n) is 5.26. The predicted octanol–water partition coefficient (Wildman–Crippen LogP) is 2.30. The first-order valence-corrected chi connectivity index (χ1v) is 5.64. The molecule has 1 heterocycles. The van der Waals surface area contributed by atoms with Gasteiger partial charge in [0.2, 0.25) is 5.88 Å². The van der Waals surface area contributed by atoms with E-state index in [0.29, 0.717) is 17.4 Å². The number of para-hydroxylation sites is 1. The van der Waals surface area contributed by atoms with Gasteiger partial charge in [0.25, 0.3) is 0 Å². The Labute approximate surface area is 105 Å². The molecule has 0 fully saturated rings. The molecular weight excluding hydrogens is 238 g/mol. The third-order valence-electron chi connectivity index (χ3n) is 2.62. The maximum atomic E-state index is 6.14. The van der Waals surface area contributed by atoms with E-state index in [1.54, 1.807) is 11.8 Å². The van der Waals surface area contributed by atoms with Gasteiger partial charge in [0.05, 0.1) is 29.1 Å². The average Bonchev–Trinajstić information content (AvgIpc) is 2.65. The number of nitrogens with zero attached hydrogens (tertiary/aromatic N) is 2. The summed E-state index contributed by atoms with van der Waals surface area (Å²) in [6.45, 7) is 2.29. The Kier molecular flexibility index (Phi) is 3.36. The van der Waals surface area contributed by atoms with Crippen LogP contribution >= 0.6 is 11.6 Å². The van der Waals surface area contributed by atoms with Crippen molar-refractivity contribution in [2.45, 2.75) is 13.5 Å². The second-order valence-corrected chi connectivity index (χ2v) is 4.05. The molecule has 0 saturated carbocycles. The molecule has 1 aromatic heterocycles. The highest BCUT2D eigenvalue weighted by Crippen LogP contribution is 2.28. The lowest BCUT2D eigenvalue weighted by atomic mass is 10.2. The largest absolute Gasteiger partial charge is 0.481 e. The van der Waals surface area contributed by atoms with Crippen LogP contribution in [0.2, 0.25) is 5.02 Å². The maximum absolute atomic E-state index is 6.14. The minimum Gasteiger partial charge on any atom is -0.481 e. The molecule has 2 aromatic rings. The Balaban J connectivity index is 2.64. The van der Waals surface area contributed by atoms with E-state index in [2.05, 4.69) is 5.10 Å². The van der Waals surface area contributed by atoms with Crippen LogP contribution in [0, 0.1) is 6.92 Å². The van der Waals surface area contributed by atoms with Gasteiger partial charge in [0.15, 0.2) is 0 Å². The number of methoxy groups -OCH3 is 1. The zero-order valence-corrected chi connectivity index (χ0v) is 10.5. The summed E-state index contributed by atoms with van der Waals surface area (Å²) in [4.78, 5) is 0. The number of nitrogens with two attached hydrogens (primary N) is 1. The van der Waals surface area contributed by atoms with Crippen molar-refractivity contribution in [2.24, 2.45) is 5.73 Å². The van der Waals surface area contributed by atoms with Crippen molar-refractivity contribution < 1.29 is 4.74 Å². The van der Waals surface area contributed by atoms with Crippen LogP contribution in [0.1, 0.15) is 11.3 Å². The van der Waals surface area contributed by atoms with Crippen LogP contribution in [-0.4, -0.2) is 16.9 Å². The number of aryl methyl sites for hydroxylation is 1. The molecule has 0 spiro atoms. The molecule has 90 valence electrons. The van der Waals surface area contributed by atoms with Gasteiger partial charge in [-0.1, -0.05) is 23.7 Å². The van der Waals surface area contributed by atoms with E-state index in [1.807, 2.05) is 31.2 Å². The number of halogens is 1. The zero-order valence-electron chi connectivity index (χ0n) is 9.77. The molecule has 1 aromatic carbocycles. The molecule has 2 N–H and O–H groups in total. The van der Waals surface area contributed by atoms with Crippen LogP contribution in [0.25, 0.3) is 5.69 Å². The summed E-state index contributed by atoms with van der Waals surface area (Å²) in [7, 11) is 1.60. The van der Waals surface area contributed by atoms with Crippen LogP contribution < -0.4 is 10.5 Å². The third-order valence-corrected chi connectivity index (χ3v) is 2.93. The Morgan fingerprint density at radius 2 is 2.12 bits per heavy atom. The summed E-state index contributed by atoms with van der Waals surface area (Å²) in [6.07, 6.45) is 0. The number of rotatable bonds is 3. The minimum absolute atomic E-state index is 0.388. The number of ether oxygens (including phenoxy) is 1. The van der Waals surface area contributed by atoms with Crippen molar-refractivity contribution in [3.05, 3.63) is 40.5 Å².